The SMILES string of the molecule is C=C[CH2][Na].CCC1CNCCO1.O=S(=O)(O)O. The second-order valence-electron chi connectivity index (χ2n) is 3.25. The van der Waals surface area contributed by atoms with Gasteiger partial charge in [-0.2, -0.15) is 8.42 Å². The summed E-state index contributed by atoms with van der Waals surface area (Å²) in [7, 11) is -4.67. The molecule has 3 N–H and O–H groups in total. The number of rotatable bonds is 2. The average Bonchev–Trinajstić information content (AvgIpc) is 2.28. The second kappa shape index (κ2) is 13.0. The van der Waals surface area contributed by atoms with Crippen molar-refractivity contribution >= 4 is 38.3 Å². The molecule has 0 bridgehead atoms. The smallest absolute Gasteiger partial charge is 0.376 e. The van der Waals surface area contributed by atoms with Gasteiger partial charge in [0.05, 0.1) is 12.7 Å². The summed E-state index contributed by atoms with van der Waals surface area (Å²) in [6.07, 6.45) is 3.54. The van der Waals surface area contributed by atoms with Crippen LogP contribution < -0.4 is 5.32 Å². The first-order valence-corrected chi connectivity index (χ1v) is 8.29. The fourth-order valence-corrected chi connectivity index (χ4v) is 0.882. The molecule has 0 spiro atoms. The molecule has 1 aliphatic rings. The van der Waals surface area contributed by atoms with Crippen LogP contribution in [0.2, 0.25) is 3.67 Å². The summed E-state index contributed by atoms with van der Waals surface area (Å²) < 4.78 is 38.2. The Morgan fingerprint density at radius 1 is 1.59 bits per heavy atom. The molecule has 1 atom stereocenters. The summed E-state index contributed by atoms with van der Waals surface area (Å²) in [5.41, 5.74) is 0. The van der Waals surface area contributed by atoms with E-state index in [1.54, 1.807) is 0 Å². The molecular weight excluding hydrogens is 257 g/mol. The molecule has 0 aliphatic carbocycles. The molecule has 0 saturated carbocycles. The Morgan fingerprint density at radius 3 is 2.24 bits per heavy atom. The molecule has 0 radical (unpaired) electrons. The number of nitrogens with one attached hydrogen (secondary N) is 1. The zero-order valence-electron chi connectivity index (χ0n) is 10.4. The largest absolute Gasteiger partial charge is 0.394 e. The summed E-state index contributed by atoms with van der Waals surface area (Å²) in [5.74, 6) is 0. The van der Waals surface area contributed by atoms with Crippen molar-refractivity contribution < 1.29 is 22.3 Å². The van der Waals surface area contributed by atoms with Crippen LogP contribution in [-0.2, 0) is 15.1 Å². The minimum Gasteiger partial charge on any atom is -0.376 e. The maximum Gasteiger partial charge on any atom is 0.394 e. The van der Waals surface area contributed by atoms with E-state index in [1.807, 2.05) is 6.08 Å². The van der Waals surface area contributed by atoms with E-state index in [9.17, 15) is 0 Å². The van der Waals surface area contributed by atoms with E-state index in [1.165, 1.54) is 31.6 Å². The molecule has 0 aromatic rings. The number of ether oxygens (including phenoxy) is 1. The first-order valence-electron chi connectivity index (χ1n) is 5.48. The van der Waals surface area contributed by atoms with Gasteiger partial charge in [0.25, 0.3) is 0 Å². The van der Waals surface area contributed by atoms with Gasteiger partial charge in [-0.1, -0.05) is 6.92 Å². The van der Waals surface area contributed by atoms with Crippen molar-refractivity contribution in [2.75, 3.05) is 19.7 Å². The zero-order chi connectivity index (χ0) is 13.7. The van der Waals surface area contributed by atoms with Gasteiger partial charge in [-0.25, -0.2) is 0 Å². The molecule has 98 valence electrons. The van der Waals surface area contributed by atoms with Gasteiger partial charge in [0, 0.05) is 13.1 Å². The van der Waals surface area contributed by atoms with Gasteiger partial charge >= 0.3 is 54.7 Å². The summed E-state index contributed by atoms with van der Waals surface area (Å²) in [6, 6.07) is 0. The van der Waals surface area contributed by atoms with Crippen molar-refractivity contribution in [3.63, 3.8) is 0 Å². The van der Waals surface area contributed by atoms with E-state index in [0.717, 1.165) is 26.1 Å². The van der Waals surface area contributed by atoms with Crippen molar-refractivity contribution in [3.05, 3.63) is 12.7 Å². The van der Waals surface area contributed by atoms with Crippen LogP contribution in [0.4, 0.5) is 0 Å². The van der Waals surface area contributed by atoms with Crippen molar-refractivity contribution in [2.24, 2.45) is 0 Å². The molecule has 1 rings (SSSR count). The van der Waals surface area contributed by atoms with Gasteiger partial charge in [0.1, 0.15) is 0 Å². The van der Waals surface area contributed by atoms with E-state index >= 15 is 0 Å². The Bertz CT molecular complexity index is 257. The predicted octanol–water partition coefficient (Wildman–Crippen LogP) is 0.491. The van der Waals surface area contributed by atoms with Crippen LogP contribution in [0, 0.1) is 0 Å². The van der Waals surface area contributed by atoms with Crippen LogP contribution in [-0.4, -0.2) is 71.3 Å². The Hall–Kier alpha value is 0.530. The normalized spacial score (nSPS) is 19.2. The average molecular weight is 277 g/mol. The standard InChI is InChI=1S/C6H13NO.C3H5.Na.H2O4S/c1-2-6-5-7-3-4-8-6;1-3-2;;1-5(2,3)4/h6-7H,2-5H2,1H3;3H,1-2H2;;(H2,1,2,3,4). The van der Waals surface area contributed by atoms with Gasteiger partial charge in [0.15, 0.2) is 0 Å². The van der Waals surface area contributed by atoms with Gasteiger partial charge in [0.2, 0.25) is 0 Å². The molecule has 1 unspecified atom stereocenters. The molecule has 6 nitrogen and oxygen atoms in total. The van der Waals surface area contributed by atoms with Crippen molar-refractivity contribution in [2.45, 2.75) is 23.1 Å². The molecule has 17 heavy (non-hydrogen) atoms. The first-order chi connectivity index (χ1) is 7.85. The predicted molar refractivity (Wildman–Crippen MR) is 67.8 cm³/mol. The fraction of sp³-hybridized carbons (Fsp3) is 0.778. The molecule has 8 heteroatoms. The quantitative estimate of drug-likeness (QED) is 0.386. The van der Waals surface area contributed by atoms with Crippen LogP contribution in [0.3, 0.4) is 0 Å². The summed E-state index contributed by atoms with van der Waals surface area (Å²) in [4.78, 5) is 0. The van der Waals surface area contributed by atoms with E-state index in [4.69, 9.17) is 22.3 Å². The van der Waals surface area contributed by atoms with E-state index in [-0.39, 0.29) is 0 Å². The van der Waals surface area contributed by atoms with E-state index in [2.05, 4.69) is 18.8 Å². The van der Waals surface area contributed by atoms with Gasteiger partial charge in [-0.3, -0.25) is 9.11 Å². The summed E-state index contributed by atoms with van der Waals surface area (Å²) in [6.45, 7) is 8.61. The molecule has 0 amide bonds. The number of morpholine rings is 1. The molecule has 0 aromatic carbocycles. The maximum atomic E-state index is 8.74. The third-order valence-electron chi connectivity index (χ3n) is 1.75. The topological polar surface area (TPSA) is 95.9 Å². The number of hydrogen-bond acceptors (Lipinski definition) is 4. The number of allylic oxidation sites excluding steroid dienone is 1. The Kier molecular flexibility index (Phi) is 15.2. The third kappa shape index (κ3) is 26.3. The molecule has 1 aliphatic heterocycles. The second-order valence-corrected chi connectivity index (χ2v) is 4.96. The van der Waals surface area contributed by atoms with Gasteiger partial charge in [-0.05, 0) is 6.42 Å². The van der Waals surface area contributed by atoms with E-state index < -0.39 is 10.4 Å². The first kappa shape index (κ1) is 19.9. The minimum atomic E-state index is -4.67. The van der Waals surface area contributed by atoms with Crippen LogP contribution >= 0.6 is 0 Å². The zero-order valence-corrected chi connectivity index (χ0v) is 13.2. The van der Waals surface area contributed by atoms with Crippen molar-refractivity contribution in [1.82, 2.24) is 5.32 Å². The van der Waals surface area contributed by atoms with Crippen molar-refractivity contribution in [3.8, 4) is 0 Å². The van der Waals surface area contributed by atoms with E-state index in [0.29, 0.717) is 6.10 Å². The van der Waals surface area contributed by atoms with Crippen LogP contribution in [0.15, 0.2) is 12.7 Å². The van der Waals surface area contributed by atoms with Gasteiger partial charge in [-0.15, -0.1) is 0 Å². The fourth-order valence-electron chi connectivity index (χ4n) is 0.882. The summed E-state index contributed by atoms with van der Waals surface area (Å²) >= 11 is 1.27. The van der Waals surface area contributed by atoms with Crippen LogP contribution in [0.25, 0.3) is 0 Å². The van der Waals surface area contributed by atoms with Crippen LogP contribution in [0.1, 0.15) is 13.3 Å². The monoisotopic (exact) mass is 277 g/mol. The minimum absolute atomic E-state index is 0.476. The van der Waals surface area contributed by atoms with Gasteiger partial charge < -0.3 is 10.1 Å². The summed E-state index contributed by atoms with van der Waals surface area (Å²) in [5, 5.41) is 3.26. The molecule has 1 fully saturated rings. The van der Waals surface area contributed by atoms with Crippen LogP contribution in [0.5, 0.6) is 0 Å². The number of hydrogen-bond donors (Lipinski definition) is 3. The Morgan fingerprint density at radius 2 is 2.06 bits per heavy atom. The Labute approximate surface area is 121 Å². The molecular formula is C9H20NNaO5S. The Balaban J connectivity index is 0. The van der Waals surface area contributed by atoms with Crippen molar-refractivity contribution in [1.29, 1.82) is 0 Å². The molecule has 1 saturated heterocycles. The molecule has 1 heterocycles. The third-order valence-corrected chi connectivity index (χ3v) is 2.33. The maximum absolute atomic E-state index is 8.74. The molecule has 0 aromatic heterocycles.